The predicted molar refractivity (Wildman–Crippen MR) is 73.2 cm³/mol. The third-order valence-electron chi connectivity index (χ3n) is 3.80. The van der Waals surface area contributed by atoms with Gasteiger partial charge in [0.25, 0.3) is 0 Å². The van der Waals surface area contributed by atoms with Crippen molar-refractivity contribution in [3.8, 4) is 6.07 Å². The van der Waals surface area contributed by atoms with E-state index in [0.717, 1.165) is 24.1 Å². The second-order valence-electron chi connectivity index (χ2n) is 4.95. The van der Waals surface area contributed by atoms with Gasteiger partial charge in [0.05, 0.1) is 12.8 Å². The summed E-state index contributed by atoms with van der Waals surface area (Å²) < 4.78 is 4.86. The van der Waals surface area contributed by atoms with Gasteiger partial charge in [0, 0.05) is 6.54 Å². The zero-order valence-electron chi connectivity index (χ0n) is 12.0. The van der Waals surface area contributed by atoms with E-state index in [4.69, 9.17) is 4.74 Å². The molecule has 6 nitrogen and oxygen atoms in total. The van der Waals surface area contributed by atoms with Gasteiger partial charge >= 0.3 is 5.97 Å². The standard InChI is InChI=1S/C14H18N4O2/c1-9-10(2)16-17-13(11(9)8-15)18-7-5-4-6-12(18)14(19)20-3/h12H,4-7H2,1-3H3. The van der Waals surface area contributed by atoms with Gasteiger partial charge < -0.3 is 9.64 Å². The van der Waals surface area contributed by atoms with Crippen LogP contribution in [-0.4, -0.2) is 35.9 Å². The number of aromatic nitrogens is 2. The van der Waals surface area contributed by atoms with Crippen molar-refractivity contribution in [2.45, 2.75) is 39.2 Å². The van der Waals surface area contributed by atoms with E-state index in [9.17, 15) is 10.1 Å². The summed E-state index contributed by atoms with van der Waals surface area (Å²) in [6, 6.07) is 1.81. The molecule has 0 aliphatic carbocycles. The van der Waals surface area contributed by atoms with E-state index in [0.29, 0.717) is 24.3 Å². The highest BCUT2D eigenvalue weighted by Crippen LogP contribution is 2.28. The monoisotopic (exact) mass is 274 g/mol. The Hall–Kier alpha value is -2.16. The molecule has 6 heteroatoms. The third kappa shape index (κ3) is 2.44. The van der Waals surface area contributed by atoms with Crippen molar-refractivity contribution in [2.24, 2.45) is 0 Å². The Bertz CT molecular complexity index is 565. The number of hydrogen-bond donors (Lipinski definition) is 0. The van der Waals surface area contributed by atoms with E-state index in [1.54, 1.807) is 0 Å². The second-order valence-corrected chi connectivity index (χ2v) is 4.95. The molecule has 1 aromatic heterocycles. The first-order chi connectivity index (χ1) is 9.60. The molecule has 20 heavy (non-hydrogen) atoms. The zero-order valence-corrected chi connectivity index (χ0v) is 12.0. The van der Waals surface area contributed by atoms with Gasteiger partial charge in [-0.2, -0.15) is 10.4 Å². The van der Waals surface area contributed by atoms with Crippen LogP contribution in [0.25, 0.3) is 0 Å². The van der Waals surface area contributed by atoms with Crippen LogP contribution in [0.4, 0.5) is 5.82 Å². The lowest BCUT2D eigenvalue weighted by molar-refractivity contribution is -0.142. The summed E-state index contributed by atoms with van der Waals surface area (Å²) in [6.45, 7) is 4.36. The molecule has 2 heterocycles. The van der Waals surface area contributed by atoms with Crippen LogP contribution >= 0.6 is 0 Å². The fraction of sp³-hybridized carbons (Fsp3) is 0.571. The minimum absolute atomic E-state index is 0.284. The first kappa shape index (κ1) is 14.3. The second kappa shape index (κ2) is 5.87. The van der Waals surface area contributed by atoms with Crippen LogP contribution in [0.3, 0.4) is 0 Å². The van der Waals surface area contributed by atoms with Gasteiger partial charge in [0.15, 0.2) is 5.82 Å². The highest BCUT2D eigenvalue weighted by atomic mass is 16.5. The molecule has 0 radical (unpaired) electrons. The number of carbonyl (C=O) groups is 1. The summed E-state index contributed by atoms with van der Waals surface area (Å²) in [6.07, 6.45) is 2.65. The molecule has 0 saturated carbocycles. The van der Waals surface area contributed by atoms with Gasteiger partial charge in [-0.25, -0.2) is 4.79 Å². The van der Waals surface area contributed by atoms with Crippen molar-refractivity contribution in [1.82, 2.24) is 10.2 Å². The van der Waals surface area contributed by atoms with Crippen molar-refractivity contribution in [3.05, 3.63) is 16.8 Å². The van der Waals surface area contributed by atoms with Crippen molar-refractivity contribution >= 4 is 11.8 Å². The number of hydrogen-bond acceptors (Lipinski definition) is 6. The van der Waals surface area contributed by atoms with Crippen LogP contribution in [0, 0.1) is 25.2 Å². The van der Waals surface area contributed by atoms with E-state index < -0.39 is 0 Å². The SMILES string of the molecule is COC(=O)C1CCCCN1c1nnc(C)c(C)c1C#N. The molecule has 106 valence electrons. The van der Waals surface area contributed by atoms with E-state index in [-0.39, 0.29) is 12.0 Å². The van der Waals surface area contributed by atoms with Gasteiger partial charge in [-0.15, -0.1) is 5.10 Å². The van der Waals surface area contributed by atoms with Crippen LogP contribution in [0.5, 0.6) is 0 Å². The smallest absolute Gasteiger partial charge is 0.328 e. The number of methoxy groups -OCH3 is 1. The first-order valence-electron chi connectivity index (χ1n) is 6.68. The van der Waals surface area contributed by atoms with Crippen LogP contribution in [0.1, 0.15) is 36.1 Å². The zero-order chi connectivity index (χ0) is 14.7. The summed E-state index contributed by atoms with van der Waals surface area (Å²) in [4.78, 5) is 13.8. The minimum Gasteiger partial charge on any atom is -0.467 e. The van der Waals surface area contributed by atoms with Crippen molar-refractivity contribution in [2.75, 3.05) is 18.6 Å². The molecule has 1 saturated heterocycles. The topological polar surface area (TPSA) is 79.1 Å². The first-order valence-corrected chi connectivity index (χ1v) is 6.68. The number of anilines is 1. The number of nitrogens with zero attached hydrogens (tertiary/aromatic N) is 4. The highest BCUT2D eigenvalue weighted by molar-refractivity contribution is 5.80. The number of piperidine rings is 1. The number of aryl methyl sites for hydroxylation is 1. The number of nitriles is 1. The maximum Gasteiger partial charge on any atom is 0.328 e. The Kier molecular flexibility index (Phi) is 4.18. The lowest BCUT2D eigenvalue weighted by atomic mass is 10.0. The van der Waals surface area contributed by atoms with E-state index in [1.165, 1.54) is 7.11 Å². The molecule has 0 amide bonds. The van der Waals surface area contributed by atoms with Crippen molar-refractivity contribution < 1.29 is 9.53 Å². The van der Waals surface area contributed by atoms with Crippen molar-refractivity contribution in [1.29, 1.82) is 5.26 Å². The summed E-state index contributed by atoms with van der Waals surface area (Å²) in [5.74, 6) is 0.208. The molecular weight excluding hydrogens is 256 g/mol. The average Bonchev–Trinajstić information content (AvgIpc) is 2.49. The minimum atomic E-state index is -0.378. The normalized spacial score (nSPS) is 18.5. The summed E-state index contributed by atoms with van der Waals surface area (Å²) in [7, 11) is 1.38. The van der Waals surface area contributed by atoms with Crippen molar-refractivity contribution in [3.63, 3.8) is 0 Å². The molecule has 0 spiro atoms. The Morgan fingerprint density at radius 3 is 2.80 bits per heavy atom. The maximum absolute atomic E-state index is 11.9. The van der Waals surface area contributed by atoms with Gasteiger partial charge in [-0.3, -0.25) is 0 Å². The lowest BCUT2D eigenvalue weighted by Gasteiger charge is -2.34. The van der Waals surface area contributed by atoms with Crippen LogP contribution in [-0.2, 0) is 9.53 Å². The quantitative estimate of drug-likeness (QED) is 0.760. The summed E-state index contributed by atoms with van der Waals surface area (Å²) >= 11 is 0. The molecule has 1 aliphatic rings. The van der Waals surface area contributed by atoms with E-state index in [2.05, 4.69) is 16.3 Å². The molecular formula is C14H18N4O2. The van der Waals surface area contributed by atoms with Crippen LogP contribution in [0.15, 0.2) is 0 Å². The molecule has 1 unspecified atom stereocenters. The molecule has 1 aliphatic heterocycles. The number of ether oxygens (including phenoxy) is 1. The third-order valence-corrected chi connectivity index (χ3v) is 3.80. The van der Waals surface area contributed by atoms with Gasteiger partial charge in [-0.05, 0) is 38.7 Å². The Balaban J connectivity index is 2.46. The number of esters is 1. The van der Waals surface area contributed by atoms with E-state index >= 15 is 0 Å². The van der Waals surface area contributed by atoms with Crippen LogP contribution < -0.4 is 4.90 Å². The average molecular weight is 274 g/mol. The van der Waals surface area contributed by atoms with Gasteiger partial charge in [0.2, 0.25) is 0 Å². The summed E-state index contributed by atoms with van der Waals surface area (Å²) in [5, 5.41) is 17.6. The Labute approximate surface area is 118 Å². The fourth-order valence-electron chi connectivity index (χ4n) is 2.50. The molecule has 2 rings (SSSR count). The maximum atomic E-state index is 11.9. The molecule has 1 aromatic rings. The molecule has 1 fully saturated rings. The fourth-order valence-corrected chi connectivity index (χ4v) is 2.50. The number of carbonyl (C=O) groups excluding carboxylic acids is 1. The Morgan fingerprint density at radius 1 is 1.40 bits per heavy atom. The molecule has 0 aromatic carbocycles. The highest BCUT2D eigenvalue weighted by Gasteiger charge is 2.32. The Morgan fingerprint density at radius 2 is 2.15 bits per heavy atom. The largest absolute Gasteiger partial charge is 0.467 e. The molecule has 1 atom stereocenters. The van der Waals surface area contributed by atoms with Gasteiger partial charge in [-0.1, -0.05) is 0 Å². The summed E-state index contributed by atoms with van der Waals surface area (Å²) in [5.41, 5.74) is 2.04. The predicted octanol–water partition coefficient (Wildman–Crippen LogP) is 1.50. The molecule has 0 N–H and O–H groups in total. The lowest BCUT2D eigenvalue weighted by Crippen LogP contribution is -2.46. The number of rotatable bonds is 2. The van der Waals surface area contributed by atoms with E-state index in [1.807, 2.05) is 18.7 Å². The van der Waals surface area contributed by atoms with Gasteiger partial charge in [0.1, 0.15) is 17.7 Å². The van der Waals surface area contributed by atoms with Crippen LogP contribution in [0.2, 0.25) is 0 Å². The molecule has 0 bridgehead atoms.